The molecule has 1 fully saturated rings. The van der Waals surface area contributed by atoms with Crippen LogP contribution in [0.1, 0.15) is 39.0 Å². The molecule has 0 heterocycles. The molecular formula is C19H30N2O5S. The molecule has 1 saturated carbocycles. The minimum atomic E-state index is -3.31. The molecule has 2 rings (SSSR count). The van der Waals surface area contributed by atoms with Crippen molar-refractivity contribution >= 4 is 21.6 Å². The number of anilines is 1. The van der Waals surface area contributed by atoms with E-state index in [0.29, 0.717) is 30.7 Å². The number of carbonyl (C=O) groups excluding carboxylic acids is 1. The van der Waals surface area contributed by atoms with Crippen molar-refractivity contribution in [2.75, 3.05) is 30.8 Å². The summed E-state index contributed by atoms with van der Waals surface area (Å²) in [4.78, 5) is 12.1. The van der Waals surface area contributed by atoms with Gasteiger partial charge in [0.1, 0.15) is 5.75 Å². The van der Waals surface area contributed by atoms with E-state index in [-0.39, 0.29) is 5.91 Å². The van der Waals surface area contributed by atoms with Gasteiger partial charge in [-0.2, -0.15) is 0 Å². The lowest BCUT2D eigenvalue weighted by Gasteiger charge is -2.18. The topological polar surface area (TPSA) is 84.9 Å². The van der Waals surface area contributed by atoms with Crippen LogP contribution in [-0.4, -0.2) is 53.0 Å². The number of carbonyl (C=O) groups is 1. The molecule has 0 bridgehead atoms. The van der Waals surface area contributed by atoms with E-state index in [4.69, 9.17) is 9.47 Å². The zero-order chi connectivity index (χ0) is 19.9. The van der Waals surface area contributed by atoms with Crippen LogP contribution in [0.5, 0.6) is 5.75 Å². The lowest BCUT2D eigenvalue weighted by atomic mass is 10.3. The molecule has 1 aliphatic carbocycles. The van der Waals surface area contributed by atoms with Crippen LogP contribution in [-0.2, 0) is 19.6 Å². The normalized spacial score (nSPS) is 16.1. The van der Waals surface area contributed by atoms with E-state index in [1.165, 1.54) is 24.2 Å². The van der Waals surface area contributed by atoms with Crippen LogP contribution in [0.25, 0.3) is 0 Å². The summed E-state index contributed by atoms with van der Waals surface area (Å²) < 4.78 is 35.6. The van der Waals surface area contributed by atoms with Gasteiger partial charge in [0.25, 0.3) is 5.91 Å². The van der Waals surface area contributed by atoms with Crippen molar-refractivity contribution in [3.05, 3.63) is 24.3 Å². The molecule has 27 heavy (non-hydrogen) atoms. The molecule has 0 unspecified atom stereocenters. The second kappa shape index (κ2) is 9.94. The first-order valence-corrected chi connectivity index (χ1v) is 11.2. The molecular weight excluding hydrogens is 368 g/mol. The van der Waals surface area contributed by atoms with Crippen molar-refractivity contribution in [1.82, 2.24) is 5.32 Å². The molecule has 7 nitrogen and oxygen atoms in total. The van der Waals surface area contributed by atoms with Gasteiger partial charge in [-0.1, -0.05) is 12.8 Å². The van der Waals surface area contributed by atoms with E-state index in [0.717, 1.165) is 25.5 Å². The minimum Gasteiger partial charge on any atom is -0.481 e. The van der Waals surface area contributed by atoms with E-state index >= 15 is 0 Å². The Bertz CT molecular complexity index is 699. The van der Waals surface area contributed by atoms with Gasteiger partial charge in [-0.05, 0) is 50.5 Å². The zero-order valence-corrected chi connectivity index (χ0v) is 17.1. The Kier molecular flexibility index (Phi) is 7.91. The molecule has 0 aromatic heterocycles. The number of hydrogen-bond acceptors (Lipinski definition) is 5. The second-order valence-corrected chi connectivity index (χ2v) is 8.92. The van der Waals surface area contributed by atoms with Crippen LogP contribution in [0, 0.1) is 0 Å². The van der Waals surface area contributed by atoms with Crippen LogP contribution < -0.4 is 14.4 Å². The monoisotopic (exact) mass is 398 g/mol. The van der Waals surface area contributed by atoms with E-state index in [2.05, 4.69) is 5.32 Å². The maximum atomic E-state index is 12.1. The van der Waals surface area contributed by atoms with Crippen LogP contribution in [0.15, 0.2) is 24.3 Å². The van der Waals surface area contributed by atoms with Crippen LogP contribution in [0.4, 0.5) is 5.69 Å². The fourth-order valence-corrected chi connectivity index (χ4v) is 3.42. The number of nitrogens with one attached hydrogen (secondary N) is 1. The number of amides is 1. The van der Waals surface area contributed by atoms with Crippen molar-refractivity contribution in [3.63, 3.8) is 0 Å². The fraction of sp³-hybridized carbons (Fsp3) is 0.632. The highest BCUT2D eigenvalue weighted by atomic mass is 32.2. The average molecular weight is 399 g/mol. The molecule has 1 amide bonds. The predicted octanol–water partition coefficient (Wildman–Crippen LogP) is 2.32. The van der Waals surface area contributed by atoms with Crippen LogP contribution >= 0.6 is 0 Å². The van der Waals surface area contributed by atoms with Gasteiger partial charge in [0.15, 0.2) is 6.10 Å². The van der Waals surface area contributed by atoms with Gasteiger partial charge in [0, 0.05) is 20.2 Å². The molecule has 1 aliphatic rings. The molecule has 0 saturated heterocycles. The van der Waals surface area contributed by atoms with Gasteiger partial charge in [0.05, 0.1) is 18.0 Å². The molecule has 152 valence electrons. The Balaban J connectivity index is 1.70. The molecule has 1 N–H and O–H groups in total. The fourth-order valence-electron chi connectivity index (χ4n) is 2.92. The Morgan fingerprint density at radius 3 is 2.48 bits per heavy atom. The number of hydrogen-bond donors (Lipinski definition) is 1. The predicted molar refractivity (Wildman–Crippen MR) is 106 cm³/mol. The summed E-state index contributed by atoms with van der Waals surface area (Å²) in [7, 11) is -1.82. The summed E-state index contributed by atoms with van der Waals surface area (Å²) in [6.45, 7) is 2.90. The maximum absolute atomic E-state index is 12.1. The molecule has 1 atom stereocenters. The number of ether oxygens (including phenoxy) is 2. The Morgan fingerprint density at radius 1 is 1.26 bits per heavy atom. The summed E-state index contributed by atoms with van der Waals surface area (Å²) in [5, 5.41) is 2.85. The number of sulfonamides is 1. The zero-order valence-electron chi connectivity index (χ0n) is 16.3. The highest BCUT2D eigenvalue weighted by molar-refractivity contribution is 7.92. The minimum absolute atomic E-state index is 0.187. The van der Waals surface area contributed by atoms with Crippen molar-refractivity contribution in [3.8, 4) is 5.75 Å². The molecule has 1 aromatic rings. The van der Waals surface area contributed by atoms with Crippen molar-refractivity contribution < 1.29 is 22.7 Å². The van der Waals surface area contributed by atoms with Crippen molar-refractivity contribution in [2.24, 2.45) is 0 Å². The summed E-state index contributed by atoms with van der Waals surface area (Å²) in [6.07, 6.45) is 6.48. The molecule has 1 aromatic carbocycles. The quantitative estimate of drug-likeness (QED) is 0.612. The Labute approximate surface area is 162 Å². The van der Waals surface area contributed by atoms with E-state index in [1.807, 2.05) is 0 Å². The number of rotatable bonds is 10. The molecule has 0 radical (unpaired) electrons. The smallest absolute Gasteiger partial charge is 0.260 e. The van der Waals surface area contributed by atoms with E-state index in [9.17, 15) is 13.2 Å². The third-order valence-electron chi connectivity index (χ3n) is 4.66. The highest BCUT2D eigenvalue weighted by Gasteiger charge is 2.17. The van der Waals surface area contributed by atoms with E-state index in [1.54, 1.807) is 31.2 Å². The second-order valence-electron chi connectivity index (χ2n) is 6.91. The standard InChI is InChI=1S/C19H30N2O5S/c1-15(19(22)20-13-6-14-25-17-7-4-5-8-17)26-18-11-9-16(10-12-18)21(2)27(3,23)24/h9-12,15,17H,4-8,13-14H2,1-3H3,(H,20,22)/t15-/m1/s1. The lowest BCUT2D eigenvalue weighted by molar-refractivity contribution is -0.127. The molecule has 0 spiro atoms. The number of nitrogens with zero attached hydrogens (tertiary/aromatic N) is 1. The van der Waals surface area contributed by atoms with E-state index < -0.39 is 16.1 Å². The van der Waals surface area contributed by atoms with Gasteiger partial charge < -0.3 is 14.8 Å². The van der Waals surface area contributed by atoms with Crippen molar-refractivity contribution in [1.29, 1.82) is 0 Å². The highest BCUT2D eigenvalue weighted by Crippen LogP contribution is 2.21. The van der Waals surface area contributed by atoms with Gasteiger partial charge >= 0.3 is 0 Å². The first kappa shape index (κ1) is 21.5. The number of benzene rings is 1. The summed E-state index contributed by atoms with van der Waals surface area (Å²) in [6, 6.07) is 6.58. The summed E-state index contributed by atoms with van der Waals surface area (Å²) in [5.74, 6) is 0.320. The van der Waals surface area contributed by atoms with Crippen LogP contribution in [0.2, 0.25) is 0 Å². The van der Waals surface area contributed by atoms with Gasteiger partial charge in [-0.25, -0.2) is 8.42 Å². The third kappa shape index (κ3) is 7.03. The van der Waals surface area contributed by atoms with Gasteiger partial charge in [0.2, 0.25) is 10.0 Å². The van der Waals surface area contributed by atoms with Crippen LogP contribution in [0.3, 0.4) is 0 Å². The first-order chi connectivity index (χ1) is 12.8. The van der Waals surface area contributed by atoms with Gasteiger partial charge in [-0.15, -0.1) is 0 Å². The van der Waals surface area contributed by atoms with Gasteiger partial charge in [-0.3, -0.25) is 9.10 Å². The average Bonchev–Trinajstić information content (AvgIpc) is 3.14. The lowest BCUT2D eigenvalue weighted by Crippen LogP contribution is -2.37. The maximum Gasteiger partial charge on any atom is 0.260 e. The van der Waals surface area contributed by atoms with Crippen molar-refractivity contribution in [2.45, 2.75) is 51.2 Å². The first-order valence-electron chi connectivity index (χ1n) is 9.37. The third-order valence-corrected chi connectivity index (χ3v) is 5.86. The molecule has 8 heteroatoms. The summed E-state index contributed by atoms with van der Waals surface area (Å²) in [5.41, 5.74) is 0.532. The molecule has 0 aliphatic heterocycles. The summed E-state index contributed by atoms with van der Waals surface area (Å²) >= 11 is 0. The Morgan fingerprint density at radius 2 is 1.89 bits per heavy atom. The largest absolute Gasteiger partial charge is 0.481 e. The SMILES string of the molecule is C[C@@H](Oc1ccc(N(C)S(C)(=O)=O)cc1)C(=O)NCCCOC1CCCC1. The Hall–Kier alpha value is -1.80.